The van der Waals surface area contributed by atoms with Gasteiger partial charge < -0.3 is 16.0 Å². The molecular weight excluding hydrogens is 383 g/mol. The molecule has 1 aliphatic carbocycles. The maximum atomic E-state index is 15.1. The van der Waals surface area contributed by atoms with Crippen molar-refractivity contribution in [3.05, 3.63) is 58.9 Å². The van der Waals surface area contributed by atoms with Crippen LogP contribution in [0.5, 0.6) is 0 Å². The van der Waals surface area contributed by atoms with Crippen molar-refractivity contribution < 1.29 is 9.18 Å². The van der Waals surface area contributed by atoms with Crippen LogP contribution in [-0.4, -0.2) is 43.9 Å². The number of amidine groups is 1. The van der Waals surface area contributed by atoms with Crippen LogP contribution in [0.3, 0.4) is 0 Å². The Kier molecular flexibility index (Phi) is 4.82. The number of aliphatic imine (C=N–C) groups is 2. The van der Waals surface area contributed by atoms with Crippen molar-refractivity contribution >= 4 is 29.1 Å². The molecule has 30 heavy (non-hydrogen) atoms. The van der Waals surface area contributed by atoms with E-state index in [1.807, 2.05) is 24.3 Å². The van der Waals surface area contributed by atoms with E-state index < -0.39 is 5.82 Å². The normalized spacial score (nSPS) is 17.6. The summed E-state index contributed by atoms with van der Waals surface area (Å²) in [7, 11) is 0. The topological polar surface area (TPSA) is 89.9 Å². The number of carbonyl (C=O) groups is 1. The molecule has 154 valence electrons. The Bertz CT molecular complexity index is 1060. The van der Waals surface area contributed by atoms with Gasteiger partial charge in [-0.15, -0.1) is 0 Å². The third kappa shape index (κ3) is 3.85. The smallest absolute Gasteiger partial charge is 0.258 e. The third-order valence-corrected chi connectivity index (χ3v) is 5.39. The molecule has 0 saturated heterocycles. The van der Waals surface area contributed by atoms with Crippen LogP contribution >= 0.6 is 0 Å². The van der Waals surface area contributed by atoms with Gasteiger partial charge in [0.1, 0.15) is 11.7 Å². The van der Waals surface area contributed by atoms with Gasteiger partial charge in [-0.3, -0.25) is 20.1 Å². The van der Waals surface area contributed by atoms with Crippen LogP contribution in [0.15, 0.2) is 46.4 Å². The molecule has 1 amide bonds. The van der Waals surface area contributed by atoms with E-state index in [0.29, 0.717) is 30.3 Å². The summed E-state index contributed by atoms with van der Waals surface area (Å²) in [6, 6.07) is 10.8. The lowest BCUT2D eigenvalue weighted by Gasteiger charge is -2.16. The van der Waals surface area contributed by atoms with Crippen molar-refractivity contribution in [2.24, 2.45) is 9.98 Å². The molecule has 0 spiro atoms. The van der Waals surface area contributed by atoms with Crippen molar-refractivity contribution in [2.75, 3.05) is 31.5 Å². The second-order valence-corrected chi connectivity index (χ2v) is 7.67. The third-order valence-electron chi connectivity index (χ3n) is 5.39. The van der Waals surface area contributed by atoms with E-state index in [4.69, 9.17) is 0 Å². The fraction of sp³-hybridized carbons (Fsp3) is 0.318. The van der Waals surface area contributed by atoms with Crippen molar-refractivity contribution in [3.8, 4) is 0 Å². The number of carbonyl (C=O) groups excluding carboxylic acids is 1. The second kappa shape index (κ2) is 7.78. The number of hydrogen-bond acceptors (Lipinski definition) is 6. The summed E-state index contributed by atoms with van der Waals surface area (Å²) in [5.74, 6) is 0.768. The van der Waals surface area contributed by atoms with E-state index in [1.54, 1.807) is 6.07 Å². The number of hydrogen-bond donors (Lipinski definition) is 4. The highest BCUT2D eigenvalue weighted by molar-refractivity contribution is 6.06. The molecule has 5 rings (SSSR count). The molecule has 2 aliphatic heterocycles. The molecule has 8 heteroatoms. The minimum Gasteiger partial charge on any atom is -0.368 e. The zero-order valence-corrected chi connectivity index (χ0v) is 16.5. The van der Waals surface area contributed by atoms with Crippen molar-refractivity contribution in [2.45, 2.75) is 18.8 Å². The highest BCUT2D eigenvalue weighted by Crippen LogP contribution is 2.45. The van der Waals surface area contributed by atoms with Crippen LogP contribution < -0.4 is 21.3 Å². The number of nitrogens with zero attached hydrogens (tertiary/aromatic N) is 2. The first-order chi connectivity index (χ1) is 14.7. The Morgan fingerprint density at radius 1 is 1.07 bits per heavy atom. The first-order valence-corrected chi connectivity index (χ1v) is 10.3. The highest BCUT2D eigenvalue weighted by atomic mass is 19.1. The van der Waals surface area contributed by atoms with Crippen LogP contribution in [0, 0.1) is 5.82 Å². The fourth-order valence-electron chi connectivity index (χ4n) is 3.75. The summed E-state index contributed by atoms with van der Waals surface area (Å²) in [6.45, 7) is 2.92. The summed E-state index contributed by atoms with van der Waals surface area (Å²) in [5.41, 5.74) is 3.32. The number of nitrogens with one attached hydrogen (secondary N) is 4. The monoisotopic (exact) mass is 406 g/mol. The van der Waals surface area contributed by atoms with Crippen molar-refractivity contribution in [3.63, 3.8) is 0 Å². The average molecular weight is 406 g/mol. The molecule has 2 heterocycles. The van der Waals surface area contributed by atoms with E-state index >= 15 is 4.39 Å². The summed E-state index contributed by atoms with van der Waals surface area (Å²) >= 11 is 0. The Labute approximate surface area is 173 Å². The SMILES string of the molecule is O=C(NC1=NCCN1)c1cc(F)c(Nc2cccc(C3=NCCN3)c2)c(C2CC2)c1. The summed E-state index contributed by atoms with van der Waals surface area (Å²) < 4.78 is 15.1. The Morgan fingerprint density at radius 3 is 2.63 bits per heavy atom. The number of benzene rings is 2. The molecule has 2 aromatic carbocycles. The standard InChI is InChI=1S/C22H23FN6O/c23-18-12-15(21(30)29-22-26-8-9-27-22)11-17(13-4-5-13)19(18)28-16-3-1-2-14(10-16)20-24-6-7-25-20/h1-3,10-13,28H,4-9H2,(H,24,25)(H2,26,27,29,30). The summed E-state index contributed by atoms with van der Waals surface area (Å²) in [4.78, 5) is 21.2. The molecule has 4 N–H and O–H groups in total. The minimum atomic E-state index is -0.437. The maximum absolute atomic E-state index is 15.1. The molecule has 7 nitrogen and oxygen atoms in total. The van der Waals surface area contributed by atoms with E-state index in [-0.39, 0.29) is 11.8 Å². The van der Waals surface area contributed by atoms with Gasteiger partial charge in [0.25, 0.3) is 5.91 Å². The highest BCUT2D eigenvalue weighted by Gasteiger charge is 2.29. The molecule has 1 saturated carbocycles. The van der Waals surface area contributed by atoms with Gasteiger partial charge in [-0.2, -0.15) is 0 Å². The van der Waals surface area contributed by atoms with Gasteiger partial charge in [-0.25, -0.2) is 4.39 Å². The van der Waals surface area contributed by atoms with Gasteiger partial charge in [0.05, 0.1) is 18.8 Å². The Balaban J connectivity index is 1.42. The first-order valence-electron chi connectivity index (χ1n) is 10.3. The predicted molar refractivity (Wildman–Crippen MR) is 115 cm³/mol. The Morgan fingerprint density at radius 2 is 1.90 bits per heavy atom. The van der Waals surface area contributed by atoms with Crippen LogP contribution in [-0.2, 0) is 0 Å². The van der Waals surface area contributed by atoms with E-state index in [0.717, 1.165) is 48.6 Å². The summed E-state index contributed by atoms with van der Waals surface area (Å²) in [5, 5.41) is 12.2. The van der Waals surface area contributed by atoms with Gasteiger partial charge in [0.15, 0.2) is 5.96 Å². The molecule has 1 fully saturated rings. The minimum absolute atomic E-state index is 0.265. The van der Waals surface area contributed by atoms with Crippen LogP contribution in [0.2, 0.25) is 0 Å². The zero-order valence-electron chi connectivity index (χ0n) is 16.5. The molecule has 2 aromatic rings. The molecular formula is C22H23FN6O. The lowest BCUT2D eigenvalue weighted by molar-refractivity contribution is 0.0975. The number of amides is 1. The van der Waals surface area contributed by atoms with Crippen molar-refractivity contribution in [1.82, 2.24) is 16.0 Å². The molecule has 0 aromatic heterocycles. The summed E-state index contributed by atoms with van der Waals surface area (Å²) in [6.07, 6.45) is 1.99. The molecule has 0 bridgehead atoms. The van der Waals surface area contributed by atoms with Gasteiger partial charge >= 0.3 is 0 Å². The lowest BCUT2D eigenvalue weighted by Crippen LogP contribution is -2.38. The molecule has 0 radical (unpaired) electrons. The van der Waals surface area contributed by atoms with Crippen molar-refractivity contribution in [1.29, 1.82) is 0 Å². The number of rotatable bonds is 5. The largest absolute Gasteiger partial charge is 0.368 e. The molecule has 0 atom stereocenters. The fourth-order valence-corrected chi connectivity index (χ4v) is 3.75. The lowest BCUT2D eigenvalue weighted by atomic mass is 10.0. The number of guanidine groups is 1. The molecule has 3 aliphatic rings. The van der Waals surface area contributed by atoms with Crippen LogP contribution in [0.25, 0.3) is 0 Å². The van der Waals surface area contributed by atoms with E-state index in [1.165, 1.54) is 6.07 Å². The second-order valence-electron chi connectivity index (χ2n) is 7.67. The zero-order chi connectivity index (χ0) is 20.5. The first kappa shape index (κ1) is 18.6. The Hall–Kier alpha value is -3.42. The molecule has 0 unspecified atom stereocenters. The van der Waals surface area contributed by atoms with Crippen LogP contribution in [0.4, 0.5) is 15.8 Å². The van der Waals surface area contributed by atoms with E-state index in [2.05, 4.69) is 31.3 Å². The van der Waals surface area contributed by atoms with Gasteiger partial charge in [0.2, 0.25) is 0 Å². The van der Waals surface area contributed by atoms with Crippen LogP contribution in [0.1, 0.15) is 40.2 Å². The van der Waals surface area contributed by atoms with Gasteiger partial charge in [0, 0.05) is 29.9 Å². The van der Waals surface area contributed by atoms with Gasteiger partial charge in [-0.1, -0.05) is 12.1 Å². The quantitative estimate of drug-likeness (QED) is 0.614. The van der Waals surface area contributed by atoms with E-state index in [9.17, 15) is 4.79 Å². The predicted octanol–water partition coefficient (Wildman–Crippen LogP) is 2.49. The average Bonchev–Trinajstić information content (AvgIpc) is 3.21. The number of halogens is 1. The van der Waals surface area contributed by atoms with Gasteiger partial charge in [-0.05, 0) is 48.6 Å². The maximum Gasteiger partial charge on any atom is 0.258 e. The number of anilines is 2.